The van der Waals surface area contributed by atoms with Crippen molar-refractivity contribution >= 4 is 46.4 Å². The van der Waals surface area contributed by atoms with Gasteiger partial charge in [-0.15, -0.1) is 0 Å². The molecule has 0 aliphatic carbocycles. The van der Waals surface area contributed by atoms with Gasteiger partial charge in [0.25, 0.3) is 0 Å². The quantitative estimate of drug-likeness (QED) is 0.192. The average molecular weight is 955 g/mol. The summed E-state index contributed by atoms with van der Waals surface area (Å²) in [7, 11) is 8.67. The Bertz CT molecular complexity index is 2460. The van der Waals surface area contributed by atoms with Gasteiger partial charge in [0.1, 0.15) is 6.17 Å². The summed E-state index contributed by atoms with van der Waals surface area (Å²) in [6.07, 6.45) is 43.5. The third kappa shape index (κ3) is 8.99. The SMILES string of the molecule is CN1C=CC=CC1c1c(C2C=CC=CN2C)c2c(C3C=CC=CN3C)c3nc(cc4ccc(cc5nc(cc1n2C1C=CC=CN1C)C=C5)[nH]4)C=C3.[Cl-].[Cl-].[Cl-].[Cl-].[Zn+2].[Zn+2]. The first kappa shape index (κ1) is 48.5. The molecule has 290 valence electrons. The number of nitrogens with zero attached hydrogens (tertiary/aromatic N) is 7. The van der Waals surface area contributed by atoms with Gasteiger partial charge in [-0.1, -0.05) is 42.5 Å². The smallest absolute Gasteiger partial charge is 1.00 e. The van der Waals surface area contributed by atoms with Crippen molar-refractivity contribution < 1.29 is 88.6 Å². The van der Waals surface area contributed by atoms with Crippen LogP contribution < -0.4 is 49.6 Å². The van der Waals surface area contributed by atoms with E-state index in [9.17, 15) is 0 Å². The summed E-state index contributed by atoms with van der Waals surface area (Å²) in [5.74, 6) is 0. The topological polar surface area (TPSA) is 59.5 Å². The molecule has 1 N–H and O–H groups in total. The van der Waals surface area contributed by atoms with E-state index in [-0.39, 0.29) is 113 Å². The standard InChI is InChI=1S/C44H42N8.4ClH.2Zn/c1-48-23-9-5-13-36(48)41-35-22-21-33(47-35)28-32-18-17-30(45-32)27-31-19-20-34(46-31)29-39-42(37-14-6-10-24-49(37)2)43(38-15-7-11-25-50(38)3)44(41)52(39)40-16-8-12-26-51(40)4;;;;;;/h5-29,36-38,40,45H,1-4H3;4*1H;;/q;;;;;2*+2/p-4. The van der Waals surface area contributed by atoms with Crippen molar-refractivity contribution in [1.29, 1.82) is 0 Å². The van der Waals surface area contributed by atoms with E-state index in [0.29, 0.717) is 0 Å². The first-order chi connectivity index (χ1) is 25.4. The summed E-state index contributed by atoms with van der Waals surface area (Å²) in [6, 6.07) is 10.5. The van der Waals surface area contributed by atoms with Gasteiger partial charge in [-0.3, -0.25) is 0 Å². The molecule has 3 aromatic rings. The van der Waals surface area contributed by atoms with Crippen LogP contribution in [0.2, 0.25) is 0 Å². The molecule has 4 unspecified atom stereocenters. The van der Waals surface area contributed by atoms with Crippen LogP contribution in [0.15, 0.2) is 128 Å². The van der Waals surface area contributed by atoms with Gasteiger partial charge in [0.2, 0.25) is 0 Å². The van der Waals surface area contributed by atoms with Gasteiger partial charge >= 0.3 is 39.0 Å². The van der Waals surface area contributed by atoms with Gasteiger partial charge in [0.15, 0.2) is 0 Å². The van der Waals surface area contributed by atoms with Gasteiger partial charge in [-0.05, 0) is 104 Å². The van der Waals surface area contributed by atoms with Crippen LogP contribution in [0.5, 0.6) is 0 Å². The molecular formula is C44H42Cl4N8Zn2. The molecule has 0 spiro atoms. The van der Waals surface area contributed by atoms with Crippen molar-refractivity contribution in [3.63, 3.8) is 0 Å². The molecule has 6 aliphatic rings. The molecule has 3 aromatic heterocycles. The van der Waals surface area contributed by atoms with Crippen LogP contribution in [0.3, 0.4) is 0 Å². The van der Waals surface area contributed by atoms with Crippen molar-refractivity contribution in [2.45, 2.75) is 24.3 Å². The number of aromatic amines is 1. The Kier molecular flexibility index (Phi) is 17.1. The third-order valence-corrected chi connectivity index (χ3v) is 10.6. The van der Waals surface area contributed by atoms with E-state index in [1.54, 1.807) is 0 Å². The zero-order valence-corrected chi connectivity index (χ0v) is 41.8. The summed E-state index contributed by atoms with van der Waals surface area (Å²) in [4.78, 5) is 23.4. The molecule has 14 heteroatoms. The van der Waals surface area contributed by atoms with Crippen molar-refractivity contribution in [1.82, 2.24) is 39.1 Å². The van der Waals surface area contributed by atoms with Crippen LogP contribution in [0.4, 0.5) is 0 Å². The minimum atomic E-state index is -0.125. The number of nitrogens with one attached hydrogen (secondary N) is 1. The van der Waals surface area contributed by atoms with E-state index < -0.39 is 0 Å². The molecule has 6 aliphatic heterocycles. The first-order valence-electron chi connectivity index (χ1n) is 17.9. The molecule has 9 heterocycles. The molecular weight excluding hydrogens is 913 g/mol. The van der Waals surface area contributed by atoms with Crippen LogP contribution >= 0.6 is 0 Å². The molecule has 0 saturated carbocycles. The third-order valence-electron chi connectivity index (χ3n) is 10.6. The molecule has 4 atom stereocenters. The van der Waals surface area contributed by atoms with E-state index in [2.05, 4.69) is 210 Å². The second-order valence-corrected chi connectivity index (χ2v) is 14.0. The molecule has 0 radical (unpaired) electrons. The fourth-order valence-corrected chi connectivity index (χ4v) is 8.08. The van der Waals surface area contributed by atoms with E-state index in [4.69, 9.17) is 9.97 Å². The van der Waals surface area contributed by atoms with Crippen LogP contribution in [0.25, 0.3) is 46.4 Å². The summed E-state index contributed by atoms with van der Waals surface area (Å²) in [5, 5.41) is 0. The Labute approximate surface area is 391 Å². The Balaban J connectivity index is 0.00000150. The van der Waals surface area contributed by atoms with Crippen LogP contribution in [-0.4, -0.2) is 67.3 Å². The zero-order valence-electron chi connectivity index (χ0n) is 32.8. The molecule has 0 fully saturated rings. The molecule has 8 bridgehead atoms. The van der Waals surface area contributed by atoms with Gasteiger partial charge in [-0.2, -0.15) is 0 Å². The summed E-state index contributed by atoms with van der Waals surface area (Å²) < 4.78 is 2.55. The number of hydrogen-bond donors (Lipinski definition) is 1. The zero-order chi connectivity index (χ0) is 35.3. The maximum Gasteiger partial charge on any atom is 2.00 e. The van der Waals surface area contributed by atoms with Gasteiger partial charge in [0.05, 0.1) is 51.9 Å². The molecule has 8 nitrogen and oxygen atoms in total. The second kappa shape index (κ2) is 20.4. The Morgan fingerprint density at radius 3 is 1.47 bits per heavy atom. The number of allylic oxidation sites excluding steroid dienone is 8. The maximum absolute atomic E-state index is 5.41. The Morgan fingerprint density at radius 1 is 0.483 bits per heavy atom. The Morgan fingerprint density at radius 2 is 0.931 bits per heavy atom. The van der Waals surface area contributed by atoms with E-state index >= 15 is 0 Å². The summed E-state index contributed by atoms with van der Waals surface area (Å²) >= 11 is 0. The number of aromatic nitrogens is 4. The van der Waals surface area contributed by atoms with Gasteiger partial charge in [-0.25, -0.2) is 9.97 Å². The summed E-state index contributed by atoms with van der Waals surface area (Å²) in [5.41, 5.74) is 11.6. The van der Waals surface area contributed by atoms with Crippen LogP contribution in [0, 0.1) is 0 Å². The largest absolute Gasteiger partial charge is 2.00 e. The number of hydrogen-bond acceptors (Lipinski definition) is 6. The van der Waals surface area contributed by atoms with Crippen LogP contribution in [0.1, 0.15) is 63.8 Å². The number of H-pyrrole nitrogens is 1. The monoisotopic (exact) mass is 950 g/mol. The predicted molar refractivity (Wildman–Crippen MR) is 214 cm³/mol. The molecule has 58 heavy (non-hydrogen) atoms. The van der Waals surface area contributed by atoms with E-state index in [1.807, 2.05) is 0 Å². The number of likely N-dealkylation sites (N-methyl/N-ethyl adjacent to an activating group) is 4. The summed E-state index contributed by atoms with van der Waals surface area (Å²) in [6.45, 7) is 0. The van der Waals surface area contributed by atoms with E-state index in [1.165, 1.54) is 11.1 Å². The minimum absolute atomic E-state index is 0. The van der Waals surface area contributed by atoms with E-state index in [0.717, 1.165) is 50.4 Å². The second-order valence-electron chi connectivity index (χ2n) is 14.0. The van der Waals surface area contributed by atoms with Gasteiger partial charge < -0.3 is 78.8 Å². The number of fused-ring (bicyclic) bond motifs is 8. The molecule has 9 rings (SSSR count). The Hall–Kier alpha value is -3.87. The van der Waals surface area contributed by atoms with Gasteiger partial charge in [0, 0.05) is 62.1 Å². The van der Waals surface area contributed by atoms with Crippen molar-refractivity contribution in [2.75, 3.05) is 28.2 Å². The van der Waals surface area contributed by atoms with Crippen molar-refractivity contribution in [3.8, 4) is 0 Å². The number of halogens is 4. The van der Waals surface area contributed by atoms with Crippen molar-refractivity contribution in [2.24, 2.45) is 0 Å². The van der Waals surface area contributed by atoms with Crippen molar-refractivity contribution in [3.05, 3.63) is 168 Å². The maximum atomic E-state index is 5.41. The molecule has 0 amide bonds. The molecule has 0 aromatic carbocycles. The predicted octanol–water partition coefficient (Wildman–Crippen LogP) is -3.18. The fourth-order valence-electron chi connectivity index (χ4n) is 8.08. The number of rotatable bonds is 4. The fraction of sp³-hybridized carbons (Fsp3) is 0.182. The minimum Gasteiger partial charge on any atom is -1.00 e. The van der Waals surface area contributed by atoms with Crippen LogP contribution in [-0.2, 0) is 39.0 Å². The normalized spacial score (nSPS) is 20.5. The molecule has 0 saturated heterocycles. The first-order valence-corrected chi connectivity index (χ1v) is 17.9. The average Bonchev–Trinajstić information content (AvgIpc) is 3.95.